The number of alkyl halides is 3. The molecule has 8 heteroatoms. The van der Waals surface area contributed by atoms with Crippen molar-refractivity contribution in [3.05, 3.63) is 0 Å². The molecule has 0 aromatic carbocycles. The minimum Gasteiger partial charge on any atom is -0.480 e. The van der Waals surface area contributed by atoms with Crippen LogP contribution in [0, 0.1) is 0 Å². The van der Waals surface area contributed by atoms with Crippen molar-refractivity contribution in [1.29, 1.82) is 0 Å². The lowest BCUT2D eigenvalue weighted by atomic mass is 10.0. The number of ether oxygens (including phenoxy) is 1. The van der Waals surface area contributed by atoms with Gasteiger partial charge in [0.2, 0.25) is 5.54 Å². The van der Waals surface area contributed by atoms with Crippen molar-refractivity contribution in [2.24, 2.45) is 0 Å². The summed E-state index contributed by atoms with van der Waals surface area (Å²) in [6.07, 6.45) is -5.30. The molecule has 0 aliphatic carbocycles. The summed E-state index contributed by atoms with van der Waals surface area (Å²) in [6.45, 7) is 4.88. The van der Waals surface area contributed by atoms with Gasteiger partial charge in [-0.05, 0) is 13.5 Å². The van der Waals surface area contributed by atoms with Crippen molar-refractivity contribution in [3.63, 3.8) is 0 Å². The topological polar surface area (TPSA) is 61.8 Å². The van der Waals surface area contributed by atoms with Gasteiger partial charge in [-0.2, -0.15) is 13.2 Å². The van der Waals surface area contributed by atoms with Crippen molar-refractivity contribution >= 4 is 5.97 Å². The van der Waals surface area contributed by atoms with Crippen molar-refractivity contribution in [2.45, 2.75) is 31.7 Å². The standard InChI is InChI=1S/C11H19F3N2O3/c1-3-16-4-5-19-8(7-16)6-15-10(2,9(17)18)11(12,13)14/h8,15H,3-7H2,1-2H3,(H,17,18). The van der Waals surface area contributed by atoms with Crippen LogP contribution >= 0.6 is 0 Å². The minimum absolute atomic E-state index is 0.154. The van der Waals surface area contributed by atoms with E-state index in [1.807, 2.05) is 11.8 Å². The van der Waals surface area contributed by atoms with Crippen LogP contribution in [0.4, 0.5) is 13.2 Å². The van der Waals surface area contributed by atoms with Crippen molar-refractivity contribution < 1.29 is 27.8 Å². The van der Waals surface area contributed by atoms with Crippen molar-refractivity contribution in [3.8, 4) is 0 Å². The first-order chi connectivity index (χ1) is 8.70. The van der Waals surface area contributed by atoms with Gasteiger partial charge in [-0.3, -0.25) is 10.2 Å². The molecule has 112 valence electrons. The van der Waals surface area contributed by atoms with Crippen LogP contribution in [0.1, 0.15) is 13.8 Å². The van der Waals surface area contributed by atoms with E-state index in [0.29, 0.717) is 20.1 Å². The molecule has 0 spiro atoms. The predicted octanol–water partition coefficient (Wildman–Crippen LogP) is 0.702. The number of nitrogens with one attached hydrogen (secondary N) is 1. The number of hydrogen-bond acceptors (Lipinski definition) is 4. The van der Waals surface area contributed by atoms with Gasteiger partial charge in [0.25, 0.3) is 0 Å². The van der Waals surface area contributed by atoms with Crippen LogP contribution < -0.4 is 5.32 Å². The van der Waals surface area contributed by atoms with Gasteiger partial charge in [0, 0.05) is 19.6 Å². The van der Waals surface area contributed by atoms with Gasteiger partial charge >= 0.3 is 12.1 Å². The zero-order chi connectivity index (χ0) is 14.7. The summed E-state index contributed by atoms with van der Waals surface area (Å²) in [5, 5.41) is 10.8. The molecular weight excluding hydrogens is 265 g/mol. The highest BCUT2D eigenvalue weighted by atomic mass is 19.4. The lowest BCUT2D eigenvalue weighted by Gasteiger charge is -2.35. The molecular formula is C11H19F3N2O3. The maximum atomic E-state index is 12.8. The fourth-order valence-corrected chi connectivity index (χ4v) is 1.81. The van der Waals surface area contributed by atoms with Crippen molar-refractivity contribution in [2.75, 3.05) is 32.8 Å². The normalized spacial score (nSPS) is 25.0. The smallest absolute Gasteiger partial charge is 0.417 e. The summed E-state index contributed by atoms with van der Waals surface area (Å²) in [6, 6.07) is 0. The first-order valence-electron chi connectivity index (χ1n) is 6.09. The number of halogens is 3. The van der Waals surface area contributed by atoms with E-state index in [4.69, 9.17) is 9.84 Å². The molecule has 0 aromatic rings. The van der Waals surface area contributed by atoms with E-state index in [0.717, 1.165) is 13.1 Å². The third-order valence-corrected chi connectivity index (χ3v) is 3.35. The number of carboxylic acids is 1. The van der Waals surface area contributed by atoms with Gasteiger partial charge in [-0.15, -0.1) is 0 Å². The number of likely N-dealkylation sites (N-methyl/N-ethyl adjacent to an activating group) is 1. The first kappa shape index (κ1) is 16.2. The number of carboxylic acid groups (broad SMARTS) is 1. The highest BCUT2D eigenvalue weighted by Gasteiger charge is 2.57. The van der Waals surface area contributed by atoms with Crippen LogP contribution in [-0.2, 0) is 9.53 Å². The zero-order valence-electron chi connectivity index (χ0n) is 11.0. The number of morpholine rings is 1. The molecule has 0 saturated carbocycles. The molecule has 2 unspecified atom stereocenters. The second-order valence-electron chi connectivity index (χ2n) is 4.69. The zero-order valence-corrected chi connectivity index (χ0v) is 11.0. The number of hydrogen-bond donors (Lipinski definition) is 2. The average molecular weight is 284 g/mol. The predicted molar refractivity (Wildman–Crippen MR) is 62.0 cm³/mol. The summed E-state index contributed by atoms with van der Waals surface area (Å²) in [5.41, 5.74) is -2.95. The summed E-state index contributed by atoms with van der Waals surface area (Å²) in [5.74, 6) is -1.94. The molecule has 0 amide bonds. The van der Waals surface area contributed by atoms with Crippen molar-refractivity contribution in [1.82, 2.24) is 10.2 Å². The molecule has 1 aliphatic heterocycles. The van der Waals surface area contributed by atoms with Crippen LogP contribution in [0.15, 0.2) is 0 Å². The molecule has 19 heavy (non-hydrogen) atoms. The van der Waals surface area contributed by atoms with Crippen LogP contribution in [-0.4, -0.2) is 66.6 Å². The lowest BCUT2D eigenvalue weighted by molar-refractivity contribution is -0.207. The molecule has 0 radical (unpaired) electrons. The third kappa shape index (κ3) is 3.80. The minimum atomic E-state index is -4.86. The Bertz CT molecular complexity index is 325. The van der Waals surface area contributed by atoms with Crippen LogP contribution in [0.25, 0.3) is 0 Å². The third-order valence-electron chi connectivity index (χ3n) is 3.35. The summed E-state index contributed by atoms with van der Waals surface area (Å²) in [4.78, 5) is 12.9. The Labute approximate surface area is 109 Å². The number of nitrogens with zero attached hydrogens (tertiary/aromatic N) is 1. The maximum Gasteiger partial charge on any atom is 0.417 e. The molecule has 1 heterocycles. The van der Waals surface area contributed by atoms with E-state index in [1.165, 1.54) is 0 Å². The highest BCUT2D eigenvalue weighted by molar-refractivity contribution is 5.79. The Hall–Kier alpha value is -0.860. The largest absolute Gasteiger partial charge is 0.480 e. The van der Waals surface area contributed by atoms with Gasteiger partial charge in [-0.25, -0.2) is 4.79 Å². The summed E-state index contributed by atoms with van der Waals surface area (Å²) < 4.78 is 43.6. The van der Waals surface area contributed by atoms with Gasteiger partial charge in [-0.1, -0.05) is 6.92 Å². The Morgan fingerprint density at radius 1 is 1.53 bits per heavy atom. The molecule has 1 fully saturated rings. The number of carbonyl (C=O) groups is 1. The Morgan fingerprint density at radius 2 is 2.16 bits per heavy atom. The molecule has 5 nitrogen and oxygen atoms in total. The fourth-order valence-electron chi connectivity index (χ4n) is 1.81. The van der Waals surface area contributed by atoms with Gasteiger partial charge in [0.1, 0.15) is 0 Å². The Balaban J connectivity index is 2.60. The summed E-state index contributed by atoms with van der Waals surface area (Å²) >= 11 is 0. The Morgan fingerprint density at radius 3 is 2.63 bits per heavy atom. The van der Waals surface area contributed by atoms with Crippen LogP contribution in [0.2, 0.25) is 0 Å². The molecule has 1 saturated heterocycles. The maximum absolute atomic E-state index is 12.8. The van der Waals surface area contributed by atoms with E-state index in [2.05, 4.69) is 5.32 Å². The van der Waals surface area contributed by atoms with E-state index < -0.39 is 23.8 Å². The van der Waals surface area contributed by atoms with Gasteiger partial charge in [0.05, 0.1) is 12.7 Å². The second-order valence-corrected chi connectivity index (χ2v) is 4.69. The average Bonchev–Trinajstić information content (AvgIpc) is 2.34. The molecule has 2 atom stereocenters. The number of rotatable bonds is 5. The lowest BCUT2D eigenvalue weighted by Crippen LogP contribution is -2.62. The molecule has 1 aliphatic rings. The fraction of sp³-hybridized carbons (Fsp3) is 0.909. The Kier molecular flexibility index (Phi) is 5.17. The molecule has 2 N–H and O–H groups in total. The second kappa shape index (κ2) is 6.06. The van der Waals surface area contributed by atoms with Gasteiger partial charge < -0.3 is 9.84 Å². The van der Waals surface area contributed by atoms with E-state index in [-0.39, 0.29) is 6.54 Å². The molecule has 0 aromatic heterocycles. The highest BCUT2D eigenvalue weighted by Crippen LogP contribution is 2.30. The first-order valence-corrected chi connectivity index (χ1v) is 6.09. The quantitative estimate of drug-likeness (QED) is 0.778. The van der Waals surface area contributed by atoms with Crippen LogP contribution in [0.5, 0.6) is 0 Å². The molecule has 0 bridgehead atoms. The van der Waals surface area contributed by atoms with Gasteiger partial charge in [0.15, 0.2) is 0 Å². The number of aliphatic carboxylic acids is 1. The van der Waals surface area contributed by atoms with E-state index in [1.54, 1.807) is 0 Å². The molecule has 1 rings (SSSR count). The SMILES string of the molecule is CCN1CCOC(CNC(C)(C(=O)O)C(F)(F)F)C1. The van der Waals surface area contributed by atoms with E-state index >= 15 is 0 Å². The summed E-state index contributed by atoms with van der Waals surface area (Å²) in [7, 11) is 0. The van der Waals surface area contributed by atoms with Crippen LogP contribution in [0.3, 0.4) is 0 Å². The van der Waals surface area contributed by atoms with E-state index in [9.17, 15) is 18.0 Å². The monoisotopic (exact) mass is 284 g/mol.